The Balaban J connectivity index is 2.77. The molecule has 0 amide bonds. The third-order valence-corrected chi connectivity index (χ3v) is 1.69. The van der Waals surface area contributed by atoms with E-state index in [1.165, 1.54) is 12.1 Å². The first-order valence-corrected chi connectivity index (χ1v) is 4.42. The van der Waals surface area contributed by atoms with Gasteiger partial charge in [-0.1, -0.05) is 46.9 Å². The van der Waals surface area contributed by atoms with Crippen molar-refractivity contribution >= 4 is 34.8 Å². The van der Waals surface area contributed by atoms with Crippen LogP contribution in [0.5, 0.6) is 0 Å². The molecule has 1 aromatic rings. The van der Waals surface area contributed by atoms with Crippen molar-refractivity contribution in [1.82, 2.24) is 0 Å². The van der Waals surface area contributed by atoms with Gasteiger partial charge in [0.05, 0.1) is 0 Å². The number of benzene rings is 1. The summed E-state index contributed by atoms with van der Waals surface area (Å²) in [6, 6.07) is 6.00. The molecule has 0 unspecified atom stereocenters. The normalized spacial score (nSPS) is 11.7. The third-order valence-electron chi connectivity index (χ3n) is 1.29. The van der Waals surface area contributed by atoms with Crippen molar-refractivity contribution in [2.45, 2.75) is 10.2 Å². The van der Waals surface area contributed by atoms with E-state index in [-0.39, 0.29) is 12.2 Å². The molecule has 0 aromatic heterocycles. The van der Waals surface area contributed by atoms with Crippen LogP contribution in [0.25, 0.3) is 0 Å². The second-order valence-corrected chi connectivity index (χ2v) is 4.94. The van der Waals surface area contributed by atoms with Crippen molar-refractivity contribution in [3.05, 3.63) is 35.6 Å². The van der Waals surface area contributed by atoms with Gasteiger partial charge in [-0.25, -0.2) is 4.39 Å². The number of hydrogen-bond acceptors (Lipinski definition) is 0. The molecule has 4 heteroatoms. The van der Waals surface area contributed by atoms with Crippen molar-refractivity contribution in [2.75, 3.05) is 0 Å². The molecule has 0 radical (unpaired) electrons. The highest BCUT2D eigenvalue weighted by atomic mass is 35.6. The molecule has 0 nitrogen and oxygen atoms in total. The largest absolute Gasteiger partial charge is 0.207 e. The first-order chi connectivity index (χ1) is 5.47. The maximum atomic E-state index is 12.6. The smallest absolute Gasteiger partial charge is 0.194 e. The molecule has 0 saturated heterocycles. The monoisotopic (exact) mass is 226 g/mol. The first kappa shape index (κ1) is 10.1. The number of hydrogen-bond donors (Lipinski definition) is 0. The second kappa shape index (κ2) is 3.82. The molecule has 0 aliphatic rings. The first-order valence-electron chi connectivity index (χ1n) is 3.28. The highest BCUT2D eigenvalue weighted by molar-refractivity contribution is 6.67. The van der Waals surface area contributed by atoms with E-state index in [1.54, 1.807) is 12.1 Å². The van der Waals surface area contributed by atoms with Crippen LogP contribution in [-0.2, 0) is 6.42 Å². The van der Waals surface area contributed by atoms with Crippen LogP contribution < -0.4 is 0 Å². The molecule has 0 fully saturated rings. The van der Waals surface area contributed by atoms with Crippen LogP contribution in [0, 0.1) is 5.82 Å². The van der Waals surface area contributed by atoms with Gasteiger partial charge in [0.1, 0.15) is 5.82 Å². The fourth-order valence-electron chi connectivity index (χ4n) is 0.878. The molecule has 12 heavy (non-hydrogen) atoms. The summed E-state index contributed by atoms with van der Waals surface area (Å²) in [4.78, 5) is 0. The summed E-state index contributed by atoms with van der Waals surface area (Å²) in [5.74, 6) is -0.318. The Labute approximate surface area is 85.2 Å². The van der Waals surface area contributed by atoms with E-state index in [0.717, 1.165) is 0 Å². The zero-order chi connectivity index (χ0) is 9.19. The molecule has 0 aliphatic carbocycles. The van der Waals surface area contributed by atoms with Gasteiger partial charge in [-0.3, -0.25) is 0 Å². The van der Waals surface area contributed by atoms with Crippen LogP contribution in [0.1, 0.15) is 5.56 Å². The minimum Gasteiger partial charge on any atom is -0.207 e. The van der Waals surface area contributed by atoms with Crippen LogP contribution >= 0.6 is 34.8 Å². The predicted octanol–water partition coefficient (Wildman–Crippen LogP) is 3.74. The fraction of sp³-hybridized carbons (Fsp3) is 0.250. The zero-order valence-electron chi connectivity index (χ0n) is 6.03. The Kier molecular flexibility index (Phi) is 3.22. The summed E-state index contributed by atoms with van der Waals surface area (Å²) in [6.07, 6.45) is 0.218. The highest BCUT2D eigenvalue weighted by Crippen LogP contribution is 2.30. The Bertz CT molecular complexity index is 267. The summed E-state index contributed by atoms with van der Waals surface area (Å²) in [6.45, 7) is 0. The Morgan fingerprint density at radius 1 is 1.25 bits per heavy atom. The maximum absolute atomic E-state index is 12.6. The quantitative estimate of drug-likeness (QED) is 0.641. The van der Waals surface area contributed by atoms with Crippen molar-refractivity contribution in [1.29, 1.82) is 0 Å². The Morgan fingerprint density at radius 3 is 2.42 bits per heavy atom. The lowest BCUT2D eigenvalue weighted by Crippen LogP contribution is -2.06. The van der Waals surface area contributed by atoms with Crippen molar-refractivity contribution < 1.29 is 4.39 Å². The molecule has 0 spiro atoms. The third kappa shape index (κ3) is 3.61. The van der Waals surface area contributed by atoms with Gasteiger partial charge in [0.2, 0.25) is 0 Å². The molecular formula is C8H6Cl3F. The summed E-state index contributed by atoms with van der Waals surface area (Å²) in [5.41, 5.74) is 0.676. The average molecular weight is 227 g/mol. The van der Waals surface area contributed by atoms with Crippen molar-refractivity contribution in [2.24, 2.45) is 0 Å². The lowest BCUT2D eigenvalue weighted by molar-refractivity contribution is 0.625. The van der Waals surface area contributed by atoms with Crippen LogP contribution in [-0.4, -0.2) is 3.79 Å². The standard InChI is InChI=1S/C8H6Cl3F/c9-8(10,11)5-6-2-1-3-7(12)4-6/h1-4H,5H2. The topological polar surface area (TPSA) is 0 Å². The SMILES string of the molecule is Fc1cccc(CC(Cl)(Cl)Cl)c1. The van der Waals surface area contributed by atoms with E-state index in [1.807, 2.05) is 0 Å². The van der Waals surface area contributed by atoms with Crippen molar-refractivity contribution in [3.63, 3.8) is 0 Å². The zero-order valence-corrected chi connectivity index (χ0v) is 8.30. The average Bonchev–Trinajstić information content (AvgIpc) is 1.82. The minimum atomic E-state index is -1.35. The van der Waals surface area contributed by atoms with Crippen molar-refractivity contribution in [3.8, 4) is 0 Å². The lowest BCUT2D eigenvalue weighted by Gasteiger charge is -2.09. The summed E-state index contributed by atoms with van der Waals surface area (Å²) >= 11 is 16.6. The molecule has 0 heterocycles. The molecule has 1 aromatic carbocycles. The van der Waals surface area contributed by atoms with E-state index in [9.17, 15) is 4.39 Å². The van der Waals surface area contributed by atoms with Gasteiger partial charge in [0, 0.05) is 6.42 Å². The van der Waals surface area contributed by atoms with E-state index < -0.39 is 3.79 Å². The van der Waals surface area contributed by atoms with Gasteiger partial charge in [0.25, 0.3) is 0 Å². The predicted molar refractivity (Wildman–Crippen MR) is 50.4 cm³/mol. The van der Waals surface area contributed by atoms with Gasteiger partial charge in [-0.15, -0.1) is 0 Å². The van der Waals surface area contributed by atoms with Gasteiger partial charge in [0.15, 0.2) is 3.79 Å². The molecule has 0 bridgehead atoms. The van der Waals surface area contributed by atoms with Gasteiger partial charge in [-0.2, -0.15) is 0 Å². The van der Waals surface area contributed by atoms with E-state index in [2.05, 4.69) is 0 Å². The van der Waals surface area contributed by atoms with E-state index in [0.29, 0.717) is 5.56 Å². The van der Waals surface area contributed by atoms with Crippen LogP contribution in [0.2, 0.25) is 0 Å². The number of alkyl halides is 3. The summed E-state index contributed by atoms with van der Waals surface area (Å²) in [7, 11) is 0. The second-order valence-electron chi connectivity index (χ2n) is 2.42. The van der Waals surface area contributed by atoms with Gasteiger partial charge >= 0.3 is 0 Å². The molecule has 0 N–H and O–H groups in total. The van der Waals surface area contributed by atoms with Gasteiger partial charge in [-0.05, 0) is 17.7 Å². The summed E-state index contributed by atoms with van der Waals surface area (Å²) < 4.78 is 11.3. The van der Waals surface area contributed by atoms with E-state index in [4.69, 9.17) is 34.8 Å². The molecular weight excluding hydrogens is 221 g/mol. The molecule has 66 valence electrons. The Hall–Kier alpha value is 0.0200. The van der Waals surface area contributed by atoms with Crippen LogP contribution in [0.3, 0.4) is 0 Å². The molecule has 1 rings (SSSR count). The summed E-state index contributed by atoms with van der Waals surface area (Å²) in [5, 5.41) is 0. The number of rotatable bonds is 1. The van der Waals surface area contributed by atoms with Gasteiger partial charge < -0.3 is 0 Å². The molecule has 0 aliphatic heterocycles. The minimum absolute atomic E-state index is 0.218. The van der Waals surface area contributed by atoms with E-state index >= 15 is 0 Å². The fourth-order valence-corrected chi connectivity index (χ4v) is 1.34. The van der Waals surface area contributed by atoms with Crippen LogP contribution in [0.15, 0.2) is 24.3 Å². The Morgan fingerprint density at radius 2 is 1.92 bits per heavy atom. The number of halogens is 4. The lowest BCUT2D eigenvalue weighted by atomic mass is 10.2. The van der Waals surface area contributed by atoms with Crippen LogP contribution in [0.4, 0.5) is 4.39 Å². The molecule has 0 atom stereocenters. The highest BCUT2D eigenvalue weighted by Gasteiger charge is 2.19. The molecule has 0 saturated carbocycles. The maximum Gasteiger partial charge on any atom is 0.194 e.